The maximum Gasteiger partial charge on any atom is 0.410 e. The van der Waals surface area contributed by atoms with Crippen LogP contribution in [0.3, 0.4) is 0 Å². The highest BCUT2D eigenvalue weighted by Gasteiger charge is 2.36. The van der Waals surface area contributed by atoms with Gasteiger partial charge in [0.05, 0.1) is 6.04 Å². The second kappa shape index (κ2) is 7.48. The quantitative estimate of drug-likeness (QED) is 0.812. The van der Waals surface area contributed by atoms with Crippen molar-refractivity contribution in [2.75, 3.05) is 13.1 Å². The van der Waals surface area contributed by atoms with Crippen molar-refractivity contribution in [3.8, 4) is 0 Å². The van der Waals surface area contributed by atoms with Crippen LogP contribution in [-0.4, -0.2) is 46.8 Å². The Kier molecular flexibility index (Phi) is 5.30. The highest BCUT2D eigenvalue weighted by Crippen LogP contribution is 2.31. The number of benzene rings is 1. The zero-order chi connectivity index (χ0) is 18.7. The number of likely N-dealkylation sites (tertiary alicyclic amines) is 1. The lowest BCUT2D eigenvalue weighted by Crippen LogP contribution is -2.45. The Morgan fingerprint density at radius 2 is 1.77 bits per heavy atom. The third-order valence-corrected chi connectivity index (χ3v) is 4.74. The van der Waals surface area contributed by atoms with Crippen LogP contribution in [0.15, 0.2) is 35.4 Å². The SMILES string of the molecule is CC(C)(C)OC(=O)N1CCC(C(=O)N2N=CCC2c2ccccc2)CC1. The predicted molar refractivity (Wildman–Crippen MR) is 99.7 cm³/mol. The van der Waals surface area contributed by atoms with E-state index in [0.29, 0.717) is 25.9 Å². The molecule has 2 amide bonds. The molecule has 1 aromatic rings. The largest absolute Gasteiger partial charge is 0.444 e. The van der Waals surface area contributed by atoms with Gasteiger partial charge in [-0.2, -0.15) is 5.10 Å². The average Bonchev–Trinajstić information content (AvgIpc) is 3.10. The Morgan fingerprint density at radius 1 is 1.12 bits per heavy atom. The summed E-state index contributed by atoms with van der Waals surface area (Å²) < 4.78 is 5.42. The average molecular weight is 357 g/mol. The number of carbonyl (C=O) groups excluding carboxylic acids is 2. The Morgan fingerprint density at radius 3 is 2.38 bits per heavy atom. The van der Waals surface area contributed by atoms with E-state index in [1.165, 1.54) is 0 Å². The lowest BCUT2D eigenvalue weighted by Gasteiger charge is -2.34. The predicted octanol–water partition coefficient (Wildman–Crippen LogP) is 3.59. The van der Waals surface area contributed by atoms with Crippen LogP contribution in [0.2, 0.25) is 0 Å². The van der Waals surface area contributed by atoms with Crippen molar-refractivity contribution in [1.82, 2.24) is 9.91 Å². The van der Waals surface area contributed by atoms with Crippen LogP contribution in [0.1, 0.15) is 51.6 Å². The number of hydrogen-bond donors (Lipinski definition) is 0. The number of hydrazone groups is 1. The minimum atomic E-state index is -0.503. The van der Waals surface area contributed by atoms with E-state index in [1.54, 1.807) is 9.91 Å². The molecule has 140 valence electrons. The number of ether oxygens (including phenoxy) is 1. The molecule has 1 saturated heterocycles. The van der Waals surface area contributed by atoms with E-state index < -0.39 is 5.60 Å². The van der Waals surface area contributed by atoms with E-state index in [-0.39, 0.29) is 24.0 Å². The number of rotatable bonds is 2. The molecule has 0 saturated carbocycles. The zero-order valence-corrected chi connectivity index (χ0v) is 15.7. The summed E-state index contributed by atoms with van der Waals surface area (Å²) >= 11 is 0. The van der Waals surface area contributed by atoms with Gasteiger partial charge in [0.25, 0.3) is 0 Å². The molecular weight excluding hydrogens is 330 g/mol. The Labute approximate surface area is 154 Å². The summed E-state index contributed by atoms with van der Waals surface area (Å²) in [5.74, 6) is -0.0495. The van der Waals surface area contributed by atoms with Crippen LogP contribution in [0, 0.1) is 5.92 Å². The summed E-state index contributed by atoms with van der Waals surface area (Å²) in [6.45, 7) is 6.65. The van der Waals surface area contributed by atoms with Crippen molar-refractivity contribution < 1.29 is 14.3 Å². The first-order chi connectivity index (χ1) is 12.3. The van der Waals surface area contributed by atoms with Crippen LogP contribution in [0.4, 0.5) is 4.79 Å². The smallest absolute Gasteiger partial charge is 0.410 e. The fourth-order valence-electron chi connectivity index (χ4n) is 3.40. The molecule has 2 aliphatic heterocycles. The molecule has 6 heteroatoms. The molecule has 1 atom stereocenters. The molecule has 2 aliphatic rings. The Hall–Kier alpha value is -2.37. The summed E-state index contributed by atoms with van der Waals surface area (Å²) in [4.78, 5) is 26.8. The van der Waals surface area contributed by atoms with E-state index in [9.17, 15) is 9.59 Å². The molecule has 2 heterocycles. The van der Waals surface area contributed by atoms with Gasteiger partial charge >= 0.3 is 6.09 Å². The number of piperidine rings is 1. The number of amides is 2. The van der Waals surface area contributed by atoms with Crippen LogP contribution in [0.5, 0.6) is 0 Å². The topological polar surface area (TPSA) is 62.2 Å². The third-order valence-electron chi connectivity index (χ3n) is 4.74. The van der Waals surface area contributed by atoms with E-state index >= 15 is 0 Å². The maximum absolute atomic E-state index is 13.0. The minimum absolute atomic E-state index is 0.0208. The standard InChI is InChI=1S/C20H27N3O3/c1-20(2,3)26-19(25)22-13-10-16(11-14-22)18(24)23-17(9-12-21-23)15-7-5-4-6-8-15/h4-8,12,16-17H,9-11,13-14H2,1-3H3. The lowest BCUT2D eigenvalue weighted by molar-refractivity contribution is -0.139. The highest BCUT2D eigenvalue weighted by molar-refractivity contribution is 5.82. The van der Waals surface area contributed by atoms with Crippen molar-refractivity contribution in [2.24, 2.45) is 11.0 Å². The molecule has 0 spiro atoms. The first kappa shape index (κ1) is 18.4. The fraction of sp³-hybridized carbons (Fsp3) is 0.550. The molecule has 26 heavy (non-hydrogen) atoms. The van der Waals surface area contributed by atoms with Crippen LogP contribution in [0.25, 0.3) is 0 Å². The number of hydrogen-bond acceptors (Lipinski definition) is 4. The van der Waals surface area contributed by atoms with Crippen molar-refractivity contribution in [2.45, 2.75) is 51.7 Å². The summed E-state index contributed by atoms with van der Waals surface area (Å²) in [6, 6.07) is 9.98. The molecule has 0 aliphatic carbocycles. The zero-order valence-electron chi connectivity index (χ0n) is 15.7. The van der Waals surface area contributed by atoms with Crippen molar-refractivity contribution in [3.63, 3.8) is 0 Å². The highest BCUT2D eigenvalue weighted by atomic mass is 16.6. The van der Waals surface area contributed by atoms with Gasteiger partial charge in [0, 0.05) is 31.6 Å². The molecule has 0 radical (unpaired) electrons. The van der Waals surface area contributed by atoms with Crippen LogP contribution in [-0.2, 0) is 9.53 Å². The van der Waals surface area contributed by atoms with E-state index in [4.69, 9.17) is 4.74 Å². The van der Waals surface area contributed by atoms with Gasteiger partial charge in [-0.05, 0) is 39.2 Å². The maximum atomic E-state index is 13.0. The van der Waals surface area contributed by atoms with Gasteiger partial charge in [-0.15, -0.1) is 0 Å². The van der Waals surface area contributed by atoms with E-state index in [0.717, 1.165) is 12.0 Å². The van der Waals surface area contributed by atoms with E-state index in [1.807, 2.05) is 57.3 Å². The third kappa shape index (κ3) is 4.23. The number of carbonyl (C=O) groups is 2. The molecule has 0 aromatic heterocycles. The van der Waals surface area contributed by atoms with Gasteiger partial charge in [0.2, 0.25) is 5.91 Å². The molecule has 1 unspecified atom stereocenters. The van der Waals surface area contributed by atoms with Crippen molar-refractivity contribution >= 4 is 18.2 Å². The van der Waals surface area contributed by atoms with Gasteiger partial charge in [0.1, 0.15) is 5.60 Å². The van der Waals surface area contributed by atoms with Crippen molar-refractivity contribution in [3.05, 3.63) is 35.9 Å². The molecule has 0 N–H and O–H groups in total. The first-order valence-corrected chi connectivity index (χ1v) is 9.23. The first-order valence-electron chi connectivity index (χ1n) is 9.23. The molecule has 1 fully saturated rings. The summed E-state index contributed by atoms with van der Waals surface area (Å²) in [7, 11) is 0. The molecule has 6 nitrogen and oxygen atoms in total. The second-order valence-electron chi connectivity index (χ2n) is 7.88. The summed E-state index contributed by atoms with van der Waals surface area (Å²) in [5, 5.41) is 5.95. The Balaban J connectivity index is 1.58. The van der Waals surface area contributed by atoms with Gasteiger partial charge in [-0.25, -0.2) is 9.80 Å². The van der Waals surface area contributed by atoms with Crippen LogP contribution >= 0.6 is 0 Å². The van der Waals surface area contributed by atoms with Gasteiger partial charge in [-0.3, -0.25) is 4.79 Å². The van der Waals surface area contributed by atoms with Gasteiger partial charge in [-0.1, -0.05) is 30.3 Å². The van der Waals surface area contributed by atoms with Gasteiger partial charge < -0.3 is 9.64 Å². The molecule has 0 bridgehead atoms. The summed E-state index contributed by atoms with van der Waals surface area (Å²) in [6.07, 6.45) is 3.54. The minimum Gasteiger partial charge on any atom is -0.444 e. The molecule has 1 aromatic carbocycles. The van der Waals surface area contributed by atoms with Gasteiger partial charge in [0.15, 0.2) is 0 Å². The Bertz CT molecular complexity index is 673. The number of nitrogens with zero attached hydrogens (tertiary/aromatic N) is 3. The molecular formula is C20H27N3O3. The molecule has 3 rings (SSSR count). The fourth-order valence-corrected chi connectivity index (χ4v) is 3.40. The second-order valence-corrected chi connectivity index (χ2v) is 7.88. The van der Waals surface area contributed by atoms with E-state index in [2.05, 4.69) is 5.10 Å². The normalized spacial score (nSPS) is 21.1. The lowest BCUT2D eigenvalue weighted by atomic mass is 9.94. The van der Waals surface area contributed by atoms with Crippen molar-refractivity contribution in [1.29, 1.82) is 0 Å². The monoisotopic (exact) mass is 357 g/mol. The van der Waals surface area contributed by atoms with Crippen LogP contribution < -0.4 is 0 Å². The summed E-state index contributed by atoms with van der Waals surface area (Å²) in [5.41, 5.74) is 0.598.